The van der Waals surface area contributed by atoms with Gasteiger partial charge in [-0.3, -0.25) is 4.79 Å². The lowest BCUT2D eigenvalue weighted by Gasteiger charge is -2.20. The molecule has 5 nitrogen and oxygen atoms in total. The lowest BCUT2D eigenvalue weighted by molar-refractivity contribution is 0.0746. The largest absolute Gasteiger partial charge is 0.354 e. The normalized spacial score (nSPS) is 10.4. The molecule has 1 aromatic heterocycles. The third-order valence-electron chi connectivity index (χ3n) is 4.30. The summed E-state index contributed by atoms with van der Waals surface area (Å²) in [6.45, 7) is 3.87. The van der Waals surface area contributed by atoms with Gasteiger partial charge in [0.1, 0.15) is 5.69 Å². The van der Waals surface area contributed by atoms with Gasteiger partial charge in [-0.15, -0.1) is 0 Å². The zero-order valence-electron chi connectivity index (χ0n) is 15.5. The number of rotatable bonds is 8. The molecule has 0 bridgehead atoms. The molecule has 0 aliphatic carbocycles. The Morgan fingerprint density at radius 2 is 1.63 bits per heavy atom. The molecule has 0 atom stereocenters. The molecule has 2 aromatic carbocycles. The second kappa shape index (κ2) is 9.48. The van der Waals surface area contributed by atoms with Crippen LogP contribution in [0.5, 0.6) is 0 Å². The van der Waals surface area contributed by atoms with Crippen LogP contribution in [0, 0.1) is 0 Å². The van der Waals surface area contributed by atoms with E-state index in [9.17, 15) is 4.79 Å². The van der Waals surface area contributed by atoms with Crippen molar-refractivity contribution in [3.8, 4) is 0 Å². The fourth-order valence-electron chi connectivity index (χ4n) is 2.82. The van der Waals surface area contributed by atoms with Gasteiger partial charge in [0.15, 0.2) is 0 Å². The Labute approximate surface area is 160 Å². The monoisotopic (exact) mass is 360 g/mol. The first-order chi connectivity index (χ1) is 13.3. The first-order valence-corrected chi connectivity index (χ1v) is 9.20. The number of aromatic nitrogens is 2. The molecular weight excluding hydrogens is 336 g/mol. The van der Waals surface area contributed by atoms with Crippen LogP contribution >= 0.6 is 0 Å². The van der Waals surface area contributed by atoms with Crippen LogP contribution < -0.4 is 5.32 Å². The lowest BCUT2D eigenvalue weighted by Crippen LogP contribution is -2.31. The van der Waals surface area contributed by atoms with Crippen LogP contribution in [-0.4, -0.2) is 33.9 Å². The molecule has 1 N–H and O–H groups in total. The van der Waals surface area contributed by atoms with Gasteiger partial charge >= 0.3 is 0 Å². The van der Waals surface area contributed by atoms with Gasteiger partial charge in [-0.25, -0.2) is 9.97 Å². The minimum Gasteiger partial charge on any atom is -0.354 e. The molecule has 0 fully saturated rings. The summed E-state index contributed by atoms with van der Waals surface area (Å²) in [5.41, 5.74) is 2.75. The van der Waals surface area contributed by atoms with Crippen LogP contribution in [0.2, 0.25) is 0 Å². The van der Waals surface area contributed by atoms with Gasteiger partial charge in [0.25, 0.3) is 5.91 Å². The quantitative estimate of drug-likeness (QED) is 0.664. The first-order valence-electron chi connectivity index (χ1n) is 9.20. The summed E-state index contributed by atoms with van der Waals surface area (Å²) in [6.07, 6.45) is 2.50. The van der Waals surface area contributed by atoms with E-state index in [1.165, 1.54) is 5.56 Å². The molecule has 0 radical (unpaired) electrons. The van der Waals surface area contributed by atoms with Gasteiger partial charge in [-0.2, -0.15) is 0 Å². The summed E-state index contributed by atoms with van der Waals surface area (Å²) >= 11 is 0. The van der Waals surface area contributed by atoms with E-state index in [2.05, 4.69) is 27.4 Å². The molecule has 27 heavy (non-hydrogen) atoms. The predicted molar refractivity (Wildman–Crippen MR) is 108 cm³/mol. The number of nitrogens with one attached hydrogen (secondary N) is 1. The topological polar surface area (TPSA) is 58.1 Å². The van der Waals surface area contributed by atoms with Crippen molar-refractivity contribution < 1.29 is 4.79 Å². The predicted octanol–water partition coefficient (Wildman–Crippen LogP) is 3.79. The minimum absolute atomic E-state index is 0.0881. The van der Waals surface area contributed by atoms with Crippen molar-refractivity contribution in [1.82, 2.24) is 14.9 Å². The SMILES string of the molecule is CCN(Cc1ccccc1)C(=O)c1ccnc(NCCc2ccccc2)n1. The summed E-state index contributed by atoms with van der Waals surface area (Å²) in [7, 11) is 0. The third-order valence-corrected chi connectivity index (χ3v) is 4.30. The Hall–Kier alpha value is -3.21. The van der Waals surface area contributed by atoms with Gasteiger partial charge in [-0.05, 0) is 30.5 Å². The van der Waals surface area contributed by atoms with E-state index in [4.69, 9.17) is 0 Å². The van der Waals surface area contributed by atoms with Crippen molar-refractivity contribution in [2.75, 3.05) is 18.4 Å². The van der Waals surface area contributed by atoms with Crippen molar-refractivity contribution in [1.29, 1.82) is 0 Å². The molecule has 3 aromatic rings. The number of hydrogen-bond donors (Lipinski definition) is 1. The van der Waals surface area contributed by atoms with Crippen molar-refractivity contribution in [2.45, 2.75) is 19.9 Å². The number of hydrogen-bond acceptors (Lipinski definition) is 4. The molecule has 0 saturated heterocycles. The average molecular weight is 360 g/mol. The van der Waals surface area contributed by atoms with Gasteiger partial charge in [0, 0.05) is 25.8 Å². The van der Waals surface area contributed by atoms with Crippen molar-refractivity contribution in [3.63, 3.8) is 0 Å². The number of anilines is 1. The minimum atomic E-state index is -0.0881. The van der Waals surface area contributed by atoms with Crippen LogP contribution in [0.3, 0.4) is 0 Å². The van der Waals surface area contributed by atoms with Crippen molar-refractivity contribution >= 4 is 11.9 Å². The summed E-state index contributed by atoms with van der Waals surface area (Å²) in [5, 5.41) is 3.20. The Balaban J connectivity index is 1.62. The van der Waals surface area contributed by atoms with Crippen LogP contribution in [-0.2, 0) is 13.0 Å². The summed E-state index contributed by atoms with van der Waals surface area (Å²) in [4.78, 5) is 23.2. The molecule has 0 spiro atoms. The van der Waals surface area contributed by atoms with E-state index in [-0.39, 0.29) is 5.91 Å². The maximum Gasteiger partial charge on any atom is 0.272 e. The van der Waals surface area contributed by atoms with Gasteiger partial charge in [0.2, 0.25) is 5.95 Å². The van der Waals surface area contributed by atoms with Crippen LogP contribution in [0.25, 0.3) is 0 Å². The highest BCUT2D eigenvalue weighted by atomic mass is 16.2. The molecule has 3 rings (SSSR count). The Kier molecular flexibility index (Phi) is 6.52. The van der Waals surface area contributed by atoms with E-state index in [0.29, 0.717) is 31.3 Å². The molecule has 0 aliphatic heterocycles. The highest BCUT2D eigenvalue weighted by molar-refractivity contribution is 5.92. The first kappa shape index (κ1) is 18.6. The summed E-state index contributed by atoms with van der Waals surface area (Å²) in [6, 6.07) is 21.9. The Morgan fingerprint density at radius 1 is 0.963 bits per heavy atom. The third kappa shape index (κ3) is 5.38. The van der Waals surface area contributed by atoms with Gasteiger partial charge in [-0.1, -0.05) is 60.7 Å². The molecule has 0 aliphatic rings. The Bertz CT molecular complexity index is 852. The fourth-order valence-corrected chi connectivity index (χ4v) is 2.82. The standard InChI is InChI=1S/C22H24N4O/c1-2-26(17-19-11-7-4-8-12-19)21(27)20-14-16-24-22(25-20)23-15-13-18-9-5-3-6-10-18/h3-12,14,16H,2,13,15,17H2,1H3,(H,23,24,25). The van der Waals surface area contributed by atoms with Crippen molar-refractivity contribution in [2.24, 2.45) is 0 Å². The average Bonchev–Trinajstić information content (AvgIpc) is 2.73. The molecule has 5 heteroatoms. The van der Waals surface area contributed by atoms with E-state index in [1.54, 1.807) is 17.2 Å². The summed E-state index contributed by atoms with van der Waals surface area (Å²) in [5.74, 6) is 0.391. The smallest absolute Gasteiger partial charge is 0.272 e. The van der Waals surface area contributed by atoms with Crippen LogP contribution in [0.4, 0.5) is 5.95 Å². The van der Waals surface area contributed by atoms with Crippen LogP contribution in [0.15, 0.2) is 72.9 Å². The number of amides is 1. The number of carbonyl (C=O) groups is 1. The number of carbonyl (C=O) groups excluding carboxylic acids is 1. The molecule has 0 saturated carbocycles. The molecule has 138 valence electrons. The zero-order valence-corrected chi connectivity index (χ0v) is 15.5. The highest BCUT2D eigenvalue weighted by Gasteiger charge is 2.16. The second-order valence-corrected chi connectivity index (χ2v) is 6.23. The molecular formula is C22H24N4O. The van der Waals surface area contributed by atoms with Crippen LogP contribution in [0.1, 0.15) is 28.5 Å². The second-order valence-electron chi connectivity index (χ2n) is 6.23. The van der Waals surface area contributed by atoms with E-state index in [0.717, 1.165) is 12.0 Å². The number of benzene rings is 2. The molecule has 0 unspecified atom stereocenters. The van der Waals surface area contributed by atoms with Crippen molar-refractivity contribution in [3.05, 3.63) is 89.7 Å². The number of nitrogens with zero attached hydrogens (tertiary/aromatic N) is 3. The molecule has 1 heterocycles. The van der Waals surface area contributed by atoms with E-state index >= 15 is 0 Å². The van der Waals surface area contributed by atoms with E-state index in [1.807, 2.05) is 55.5 Å². The fraction of sp³-hybridized carbons (Fsp3) is 0.227. The highest BCUT2D eigenvalue weighted by Crippen LogP contribution is 2.10. The summed E-state index contributed by atoms with van der Waals surface area (Å²) < 4.78 is 0. The maximum atomic E-state index is 12.8. The lowest BCUT2D eigenvalue weighted by atomic mass is 10.1. The zero-order chi connectivity index (χ0) is 18.9. The molecule has 1 amide bonds. The maximum absolute atomic E-state index is 12.8. The van der Waals surface area contributed by atoms with Gasteiger partial charge in [0.05, 0.1) is 0 Å². The Morgan fingerprint density at radius 3 is 2.30 bits per heavy atom. The van der Waals surface area contributed by atoms with Gasteiger partial charge < -0.3 is 10.2 Å². The van der Waals surface area contributed by atoms with E-state index < -0.39 is 0 Å².